The van der Waals surface area contributed by atoms with Crippen molar-refractivity contribution in [2.45, 2.75) is 13.5 Å². The van der Waals surface area contributed by atoms with Gasteiger partial charge >= 0.3 is 0 Å². The molecule has 0 N–H and O–H groups in total. The van der Waals surface area contributed by atoms with Gasteiger partial charge in [-0.1, -0.05) is 17.7 Å². The van der Waals surface area contributed by atoms with Crippen LogP contribution in [0, 0.1) is 12.7 Å². The fourth-order valence-corrected chi connectivity index (χ4v) is 3.63. The normalized spacial score (nSPS) is 13.7. The molecule has 3 aromatic rings. The molecule has 0 spiro atoms. The van der Waals surface area contributed by atoms with E-state index in [0.29, 0.717) is 45.3 Å². The minimum Gasteiger partial charge on any atom is -0.497 e. The first kappa shape index (κ1) is 21.7. The lowest BCUT2D eigenvalue weighted by atomic mass is 10.1. The minimum atomic E-state index is -0.411. The molecule has 4 rings (SSSR count). The number of carbonyl (C=O) groups is 1. The average molecular weight is 455 g/mol. The summed E-state index contributed by atoms with van der Waals surface area (Å²) in [6.07, 6.45) is 1.63. The second-order valence-corrected chi connectivity index (χ2v) is 7.54. The van der Waals surface area contributed by atoms with Crippen molar-refractivity contribution >= 4 is 23.5 Å². The molecule has 0 radical (unpaired) electrons. The molecule has 32 heavy (non-hydrogen) atoms. The Morgan fingerprint density at radius 3 is 2.53 bits per heavy atom. The molecule has 7 heteroatoms. The lowest BCUT2D eigenvalue weighted by Crippen LogP contribution is -1.99. The second-order valence-electron chi connectivity index (χ2n) is 7.14. The summed E-state index contributed by atoms with van der Waals surface area (Å²) in [5, 5.41) is 0.285. The Morgan fingerprint density at radius 2 is 1.81 bits per heavy atom. The molecule has 164 valence electrons. The van der Waals surface area contributed by atoms with E-state index in [2.05, 4.69) is 0 Å². The van der Waals surface area contributed by atoms with Crippen LogP contribution in [0.5, 0.6) is 23.0 Å². The number of Topliss-reactive ketones (excluding diaryl/α,β-unsaturated/α-hetero) is 1. The smallest absolute Gasteiger partial charge is 0.231 e. The van der Waals surface area contributed by atoms with Gasteiger partial charge in [-0.05, 0) is 55.5 Å². The van der Waals surface area contributed by atoms with Crippen molar-refractivity contribution in [3.8, 4) is 23.0 Å². The number of hydrogen-bond donors (Lipinski definition) is 0. The fourth-order valence-electron chi connectivity index (χ4n) is 3.41. The molecule has 0 aliphatic carbocycles. The molecule has 0 saturated carbocycles. The van der Waals surface area contributed by atoms with Crippen LogP contribution < -0.4 is 18.9 Å². The molecule has 0 amide bonds. The van der Waals surface area contributed by atoms with Crippen LogP contribution in [0.3, 0.4) is 0 Å². The van der Waals surface area contributed by atoms with E-state index in [1.54, 1.807) is 56.7 Å². The van der Waals surface area contributed by atoms with Crippen molar-refractivity contribution in [1.82, 2.24) is 0 Å². The Kier molecular flexibility index (Phi) is 6.06. The third-order valence-electron chi connectivity index (χ3n) is 5.16. The van der Waals surface area contributed by atoms with Crippen LogP contribution in [0.25, 0.3) is 6.08 Å². The van der Waals surface area contributed by atoms with Gasteiger partial charge in [-0.3, -0.25) is 4.79 Å². The highest BCUT2D eigenvalue weighted by Crippen LogP contribution is 2.40. The second kappa shape index (κ2) is 8.93. The van der Waals surface area contributed by atoms with Crippen LogP contribution in [0.15, 0.2) is 54.3 Å². The summed E-state index contributed by atoms with van der Waals surface area (Å²) in [6, 6.07) is 12.8. The van der Waals surface area contributed by atoms with E-state index in [-0.39, 0.29) is 23.2 Å². The van der Waals surface area contributed by atoms with Gasteiger partial charge in [-0.15, -0.1) is 0 Å². The van der Waals surface area contributed by atoms with Gasteiger partial charge in [0.1, 0.15) is 35.4 Å². The highest BCUT2D eigenvalue weighted by molar-refractivity contribution is 6.31. The quantitative estimate of drug-likeness (QED) is 0.427. The minimum absolute atomic E-state index is 0.149. The molecule has 1 heterocycles. The summed E-state index contributed by atoms with van der Waals surface area (Å²) in [6.45, 7) is 1.96. The predicted molar refractivity (Wildman–Crippen MR) is 119 cm³/mol. The van der Waals surface area contributed by atoms with E-state index in [0.717, 1.165) is 0 Å². The monoisotopic (exact) mass is 454 g/mol. The molecule has 0 fully saturated rings. The molecular weight excluding hydrogens is 435 g/mol. The van der Waals surface area contributed by atoms with Crippen molar-refractivity contribution in [1.29, 1.82) is 0 Å². The van der Waals surface area contributed by atoms with Gasteiger partial charge in [0.2, 0.25) is 5.78 Å². The van der Waals surface area contributed by atoms with Crippen LogP contribution in [-0.2, 0) is 6.61 Å². The van der Waals surface area contributed by atoms with Crippen molar-refractivity contribution in [2.75, 3.05) is 14.2 Å². The first-order valence-electron chi connectivity index (χ1n) is 9.78. The van der Waals surface area contributed by atoms with Gasteiger partial charge in [-0.2, -0.15) is 0 Å². The predicted octanol–water partition coefficient (Wildman–Crippen LogP) is 6.00. The first-order valence-corrected chi connectivity index (χ1v) is 10.2. The summed E-state index contributed by atoms with van der Waals surface area (Å²) in [5.41, 5.74) is 2.43. The van der Waals surface area contributed by atoms with E-state index >= 15 is 0 Å². The van der Waals surface area contributed by atoms with Crippen LogP contribution >= 0.6 is 11.6 Å². The van der Waals surface area contributed by atoms with Crippen LogP contribution in [-0.4, -0.2) is 20.0 Å². The Morgan fingerprint density at radius 1 is 1.03 bits per heavy atom. The molecular formula is C25H20ClFO5. The van der Waals surface area contributed by atoms with Crippen molar-refractivity contribution in [2.24, 2.45) is 0 Å². The number of halogens is 2. The van der Waals surface area contributed by atoms with Gasteiger partial charge in [-0.25, -0.2) is 4.39 Å². The van der Waals surface area contributed by atoms with Crippen molar-refractivity contribution < 1.29 is 28.1 Å². The molecule has 0 aromatic heterocycles. The van der Waals surface area contributed by atoms with E-state index in [4.69, 9.17) is 30.5 Å². The fraction of sp³-hybridized carbons (Fsp3) is 0.160. The molecule has 0 atom stereocenters. The topological polar surface area (TPSA) is 54.0 Å². The van der Waals surface area contributed by atoms with Gasteiger partial charge in [0.25, 0.3) is 0 Å². The number of ketones is 1. The average Bonchev–Trinajstić information content (AvgIpc) is 3.10. The zero-order valence-corrected chi connectivity index (χ0v) is 18.5. The van der Waals surface area contributed by atoms with Crippen LogP contribution in [0.1, 0.15) is 27.0 Å². The number of allylic oxidation sites excluding steroid dienone is 1. The van der Waals surface area contributed by atoms with Gasteiger partial charge in [0.15, 0.2) is 5.76 Å². The number of rotatable bonds is 6. The molecule has 1 aliphatic heterocycles. The third-order valence-corrected chi connectivity index (χ3v) is 5.51. The molecule has 0 bridgehead atoms. The van der Waals surface area contributed by atoms with Crippen molar-refractivity contribution in [3.05, 3.63) is 87.4 Å². The number of hydrogen-bond acceptors (Lipinski definition) is 5. The first-order chi connectivity index (χ1) is 15.4. The standard InChI is InChI=1S/C25H20ClFO5/c1-14-21(31-13-15-4-5-17(27)12-20(15)26)9-7-19-24(28)23(32-25(14)19)11-16-10-18(29-2)6-8-22(16)30-3/h4-12H,13H2,1-3H3/b23-11-. The Labute approximate surface area is 189 Å². The maximum atomic E-state index is 13.3. The summed E-state index contributed by atoms with van der Waals surface area (Å²) < 4.78 is 35.7. The van der Waals surface area contributed by atoms with Gasteiger partial charge in [0, 0.05) is 16.7 Å². The molecule has 5 nitrogen and oxygen atoms in total. The largest absolute Gasteiger partial charge is 0.497 e. The molecule has 3 aromatic carbocycles. The maximum absolute atomic E-state index is 13.3. The van der Waals surface area contributed by atoms with E-state index in [1.165, 1.54) is 12.1 Å². The lowest BCUT2D eigenvalue weighted by molar-refractivity contribution is 0.101. The van der Waals surface area contributed by atoms with Crippen LogP contribution in [0.2, 0.25) is 5.02 Å². The number of fused-ring (bicyclic) bond motifs is 1. The molecule has 0 saturated heterocycles. The van der Waals surface area contributed by atoms with E-state index in [1.807, 2.05) is 6.92 Å². The molecule has 0 unspecified atom stereocenters. The Hall–Kier alpha value is -3.51. The van der Waals surface area contributed by atoms with E-state index in [9.17, 15) is 9.18 Å². The summed E-state index contributed by atoms with van der Waals surface area (Å²) in [7, 11) is 3.12. The van der Waals surface area contributed by atoms with Gasteiger partial charge in [0.05, 0.1) is 24.8 Å². The highest BCUT2D eigenvalue weighted by Gasteiger charge is 2.30. The van der Waals surface area contributed by atoms with Crippen LogP contribution in [0.4, 0.5) is 4.39 Å². The zero-order chi connectivity index (χ0) is 22.8. The SMILES string of the molecule is COc1ccc(OC)c(/C=C2\Oc3c(ccc(OCc4ccc(F)cc4Cl)c3C)C2=O)c1. The molecule has 1 aliphatic rings. The summed E-state index contributed by atoms with van der Waals surface area (Å²) in [4.78, 5) is 12.9. The van der Waals surface area contributed by atoms with Gasteiger partial charge < -0.3 is 18.9 Å². The number of ether oxygens (including phenoxy) is 4. The highest BCUT2D eigenvalue weighted by atomic mass is 35.5. The summed E-state index contributed by atoms with van der Waals surface area (Å²) in [5.74, 6) is 1.72. The third kappa shape index (κ3) is 4.14. The number of methoxy groups -OCH3 is 2. The Balaban J connectivity index is 1.60. The maximum Gasteiger partial charge on any atom is 0.231 e. The van der Waals surface area contributed by atoms with Crippen molar-refractivity contribution in [3.63, 3.8) is 0 Å². The van der Waals surface area contributed by atoms with E-state index < -0.39 is 5.82 Å². The number of benzene rings is 3. The summed E-state index contributed by atoms with van der Waals surface area (Å²) >= 11 is 6.07. The zero-order valence-electron chi connectivity index (χ0n) is 17.7. The Bertz CT molecular complexity index is 1240. The number of carbonyl (C=O) groups excluding carboxylic acids is 1. The lowest BCUT2D eigenvalue weighted by Gasteiger charge is -2.12.